The SMILES string of the molecule is CNC1CCC(c2nc(-c3ccc(C)cc3)no2)CC1. The Morgan fingerprint density at radius 1 is 1.10 bits per heavy atom. The summed E-state index contributed by atoms with van der Waals surface area (Å²) in [7, 11) is 2.03. The van der Waals surface area contributed by atoms with E-state index >= 15 is 0 Å². The Morgan fingerprint density at radius 3 is 2.45 bits per heavy atom. The van der Waals surface area contributed by atoms with Gasteiger partial charge in [-0.15, -0.1) is 0 Å². The fourth-order valence-corrected chi connectivity index (χ4v) is 2.85. The smallest absolute Gasteiger partial charge is 0.230 e. The van der Waals surface area contributed by atoms with Crippen LogP contribution in [-0.4, -0.2) is 23.2 Å². The number of aryl methyl sites for hydroxylation is 1. The number of rotatable bonds is 3. The first-order valence-electron chi connectivity index (χ1n) is 7.34. The summed E-state index contributed by atoms with van der Waals surface area (Å²) in [5, 5.41) is 7.47. The molecule has 0 atom stereocenters. The minimum absolute atomic E-state index is 0.422. The van der Waals surface area contributed by atoms with Crippen LogP contribution in [0.3, 0.4) is 0 Å². The van der Waals surface area contributed by atoms with Gasteiger partial charge in [0.05, 0.1) is 0 Å². The maximum Gasteiger partial charge on any atom is 0.230 e. The molecule has 0 aliphatic heterocycles. The number of hydrogen-bond acceptors (Lipinski definition) is 4. The van der Waals surface area contributed by atoms with Crippen molar-refractivity contribution in [2.24, 2.45) is 0 Å². The van der Waals surface area contributed by atoms with Crippen LogP contribution >= 0.6 is 0 Å². The quantitative estimate of drug-likeness (QED) is 0.930. The van der Waals surface area contributed by atoms with Crippen molar-refractivity contribution in [1.82, 2.24) is 15.5 Å². The first-order valence-corrected chi connectivity index (χ1v) is 7.34. The van der Waals surface area contributed by atoms with E-state index in [1.54, 1.807) is 0 Å². The van der Waals surface area contributed by atoms with Gasteiger partial charge in [-0.1, -0.05) is 35.0 Å². The molecule has 106 valence electrons. The van der Waals surface area contributed by atoms with Crippen LogP contribution in [0, 0.1) is 6.92 Å². The first-order chi connectivity index (χ1) is 9.76. The Labute approximate surface area is 119 Å². The molecule has 0 saturated heterocycles. The lowest BCUT2D eigenvalue weighted by molar-refractivity contribution is 0.289. The molecule has 0 amide bonds. The van der Waals surface area contributed by atoms with Crippen molar-refractivity contribution >= 4 is 0 Å². The average Bonchev–Trinajstić information content (AvgIpc) is 2.98. The minimum Gasteiger partial charge on any atom is -0.339 e. The summed E-state index contributed by atoms with van der Waals surface area (Å²) < 4.78 is 5.48. The molecule has 1 fully saturated rings. The molecule has 1 heterocycles. The van der Waals surface area contributed by atoms with Gasteiger partial charge in [0.1, 0.15) is 0 Å². The summed E-state index contributed by atoms with van der Waals surface area (Å²) in [6.07, 6.45) is 4.62. The highest BCUT2D eigenvalue weighted by Gasteiger charge is 2.25. The molecule has 1 aliphatic rings. The van der Waals surface area contributed by atoms with Gasteiger partial charge in [0.2, 0.25) is 11.7 Å². The number of hydrogen-bond donors (Lipinski definition) is 1. The number of nitrogens with zero attached hydrogens (tertiary/aromatic N) is 2. The number of benzene rings is 1. The van der Waals surface area contributed by atoms with Crippen LogP contribution in [0.2, 0.25) is 0 Å². The van der Waals surface area contributed by atoms with E-state index in [0.717, 1.165) is 24.3 Å². The predicted octanol–water partition coefficient (Wildman–Crippen LogP) is 3.29. The van der Waals surface area contributed by atoms with E-state index in [9.17, 15) is 0 Å². The molecular formula is C16H21N3O. The molecule has 0 bridgehead atoms. The van der Waals surface area contributed by atoms with Crippen molar-refractivity contribution in [3.05, 3.63) is 35.7 Å². The predicted molar refractivity (Wildman–Crippen MR) is 78.5 cm³/mol. The molecule has 3 rings (SSSR count). The second-order valence-electron chi connectivity index (χ2n) is 5.66. The molecule has 1 saturated carbocycles. The van der Waals surface area contributed by atoms with E-state index in [2.05, 4.69) is 34.5 Å². The van der Waals surface area contributed by atoms with E-state index in [-0.39, 0.29) is 0 Å². The van der Waals surface area contributed by atoms with E-state index < -0.39 is 0 Å². The molecule has 2 aromatic rings. The molecule has 1 aliphatic carbocycles. The highest BCUT2D eigenvalue weighted by molar-refractivity contribution is 5.54. The monoisotopic (exact) mass is 271 g/mol. The zero-order chi connectivity index (χ0) is 13.9. The van der Waals surface area contributed by atoms with E-state index in [0.29, 0.717) is 17.8 Å². The van der Waals surface area contributed by atoms with Gasteiger partial charge in [-0.3, -0.25) is 0 Å². The Kier molecular flexibility index (Phi) is 3.83. The molecular weight excluding hydrogens is 250 g/mol. The van der Waals surface area contributed by atoms with E-state index in [1.807, 2.05) is 19.2 Å². The maximum atomic E-state index is 5.48. The largest absolute Gasteiger partial charge is 0.339 e. The first kappa shape index (κ1) is 13.3. The van der Waals surface area contributed by atoms with Crippen LogP contribution in [0.5, 0.6) is 0 Å². The fraction of sp³-hybridized carbons (Fsp3) is 0.500. The highest BCUT2D eigenvalue weighted by Crippen LogP contribution is 2.32. The summed E-state index contributed by atoms with van der Waals surface area (Å²) in [5.74, 6) is 1.93. The molecule has 1 aromatic heterocycles. The van der Waals surface area contributed by atoms with Crippen molar-refractivity contribution in [1.29, 1.82) is 0 Å². The number of nitrogens with one attached hydrogen (secondary N) is 1. The summed E-state index contributed by atoms with van der Waals surface area (Å²) in [4.78, 5) is 4.59. The van der Waals surface area contributed by atoms with Crippen LogP contribution in [-0.2, 0) is 0 Å². The van der Waals surface area contributed by atoms with Crippen LogP contribution in [0.1, 0.15) is 43.1 Å². The van der Waals surface area contributed by atoms with Gasteiger partial charge in [-0.2, -0.15) is 4.98 Å². The molecule has 0 unspecified atom stereocenters. The van der Waals surface area contributed by atoms with Crippen molar-refractivity contribution in [2.75, 3.05) is 7.05 Å². The van der Waals surface area contributed by atoms with Crippen molar-refractivity contribution in [3.8, 4) is 11.4 Å². The third-order valence-corrected chi connectivity index (χ3v) is 4.24. The Hall–Kier alpha value is -1.68. The Morgan fingerprint density at radius 2 is 1.80 bits per heavy atom. The van der Waals surface area contributed by atoms with Gasteiger partial charge in [0, 0.05) is 17.5 Å². The number of aromatic nitrogens is 2. The normalized spacial score (nSPS) is 22.9. The average molecular weight is 271 g/mol. The zero-order valence-electron chi connectivity index (χ0n) is 12.1. The molecule has 0 spiro atoms. The van der Waals surface area contributed by atoms with Crippen LogP contribution in [0.15, 0.2) is 28.8 Å². The minimum atomic E-state index is 0.422. The second-order valence-corrected chi connectivity index (χ2v) is 5.66. The third kappa shape index (κ3) is 2.75. The molecule has 1 N–H and O–H groups in total. The van der Waals surface area contributed by atoms with Gasteiger partial charge >= 0.3 is 0 Å². The Balaban J connectivity index is 1.72. The van der Waals surface area contributed by atoms with Crippen molar-refractivity contribution < 1.29 is 4.52 Å². The molecule has 1 aromatic carbocycles. The van der Waals surface area contributed by atoms with Crippen LogP contribution < -0.4 is 5.32 Å². The fourth-order valence-electron chi connectivity index (χ4n) is 2.85. The summed E-state index contributed by atoms with van der Waals surface area (Å²) >= 11 is 0. The molecule has 20 heavy (non-hydrogen) atoms. The van der Waals surface area contributed by atoms with Gasteiger partial charge in [0.15, 0.2) is 0 Å². The van der Waals surface area contributed by atoms with Gasteiger partial charge < -0.3 is 9.84 Å². The van der Waals surface area contributed by atoms with Gasteiger partial charge in [-0.05, 0) is 39.7 Å². The second kappa shape index (κ2) is 5.75. The summed E-state index contributed by atoms with van der Waals surface area (Å²) in [6, 6.07) is 8.88. The van der Waals surface area contributed by atoms with Gasteiger partial charge in [0.25, 0.3) is 0 Å². The Bertz CT molecular complexity index is 553. The third-order valence-electron chi connectivity index (χ3n) is 4.24. The summed E-state index contributed by atoms with van der Waals surface area (Å²) in [5.41, 5.74) is 2.26. The van der Waals surface area contributed by atoms with E-state index in [4.69, 9.17) is 4.52 Å². The highest BCUT2D eigenvalue weighted by atomic mass is 16.5. The molecule has 4 heteroatoms. The molecule has 0 radical (unpaired) electrons. The summed E-state index contributed by atoms with van der Waals surface area (Å²) in [6.45, 7) is 2.08. The lowest BCUT2D eigenvalue weighted by Crippen LogP contribution is -2.29. The lowest BCUT2D eigenvalue weighted by atomic mass is 9.86. The standard InChI is InChI=1S/C16H21N3O/c1-11-3-5-12(6-4-11)15-18-16(20-19-15)13-7-9-14(17-2)10-8-13/h3-6,13-14,17H,7-10H2,1-2H3. The molecule has 4 nitrogen and oxygen atoms in total. The topological polar surface area (TPSA) is 51.0 Å². The van der Waals surface area contributed by atoms with E-state index in [1.165, 1.54) is 18.4 Å². The van der Waals surface area contributed by atoms with Crippen LogP contribution in [0.4, 0.5) is 0 Å². The van der Waals surface area contributed by atoms with Gasteiger partial charge in [-0.25, -0.2) is 0 Å². The zero-order valence-corrected chi connectivity index (χ0v) is 12.1. The van der Waals surface area contributed by atoms with Crippen molar-refractivity contribution in [2.45, 2.75) is 44.6 Å². The van der Waals surface area contributed by atoms with Crippen molar-refractivity contribution in [3.63, 3.8) is 0 Å². The maximum absolute atomic E-state index is 5.48. The van der Waals surface area contributed by atoms with Crippen LogP contribution in [0.25, 0.3) is 11.4 Å². The lowest BCUT2D eigenvalue weighted by Gasteiger charge is -2.25.